The van der Waals surface area contributed by atoms with Crippen LogP contribution in [-0.4, -0.2) is 33.2 Å². The molecule has 1 unspecified atom stereocenters. The lowest BCUT2D eigenvalue weighted by Crippen LogP contribution is -2.48. The van der Waals surface area contributed by atoms with Crippen molar-refractivity contribution in [2.24, 2.45) is 11.3 Å². The van der Waals surface area contributed by atoms with Gasteiger partial charge in [-0.15, -0.1) is 12.4 Å². The molecule has 0 radical (unpaired) electrons. The molecule has 0 aromatic heterocycles. The zero-order valence-electron chi connectivity index (χ0n) is 15.6. The summed E-state index contributed by atoms with van der Waals surface area (Å²) in [5.41, 5.74) is 0.0558. The SMILES string of the molecule is COc1cc(F)c(C(C)NC(=O)[C@@]23CCCC[C@H]2CNC3)cc1OC.Cl. The summed E-state index contributed by atoms with van der Waals surface area (Å²) in [7, 11) is 2.98. The van der Waals surface area contributed by atoms with Crippen LogP contribution in [0, 0.1) is 17.2 Å². The number of halogens is 2. The van der Waals surface area contributed by atoms with Gasteiger partial charge in [0, 0.05) is 18.2 Å². The van der Waals surface area contributed by atoms with Gasteiger partial charge >= 0.3 is 0 Å². The van der Waals surface area contributed by atoms with Crippen molar-refractivity contribution in [3.63, 3.8) is 0 Å². The first-order chi connectivity index (χ1) is 12.0. The molecular weight excluding hydrogens is 359 g/mol. The first kappa shape index (κ1) is 20.8. The van der Waals surface area contributed by atoms with Crippen LogP contribution >= 0.6 is 12.4 Å². The van der Waals surface area contributed by atoms with Gasteiger partial charge in [-0.1, -0.05) is 12.8 Å². The summed E-state index contributed by atoms with van der Waals surface area (Å²) in [5, 5.41) is 6.41. The Bertz CT molecular complexity index is 658. The molecule has 1 saturated heterocycles. The Labute approximate surface area is 160 Å². The molecule has 3 rings (SSSR count). The van der Waals surface area contributed by atoms with E-state index < -0.39 is 11.9 Å². The molecule has 1 amide bonds. The van der Waals surface area contributed by atoms with Crippen LogP contribution < -0.4 is 20.1 Å². The highest BCUT2D eigenvalue weighted by Crippen LogP contribution is 2.44. The second kappa shape index (κ2) is 8.44. The van der Waals surface area contributed by atoms with Crippen molar-refractivity contribution >= 4 is 18.3 Å². The van der Waals surface area contributed by atoms with Gasteiger partial charge in [-0.2, -0.15) is 0 Å². The molecule has 0 bridgehead atoms. The molecule has 3 atom stereocenters. The molecule has 1 aliphatic carbocycles. The number of amides is 1. The van der Waals surface area contributed by atoms with E-state index in [9.17, 15) is 9.18 Å². The smallest absolute Gasteiger partial charge is 0.228 e. The number of ether oxygens (including phenoxy) is 2. The number of carbonyl (C=O) groups excluding carboxylic acids is 1. The molecular formula is C19H28ClFN2O3. The fourth-order valence-corrected chi connectivity index (χ4v) is 4.31. The Morgan fingerprint density at radius 1 is 1.31 bits per heavy atom. The molecule has 26 heavy (non-hydrogen) atoms. The van der Waals surface area contributed by atoms with Gasteiger partial charge in [-0.3, -0.25) is 4.79 Å². The molecule has 1 aromatic rings. The molecule has 146 valence electrons. The van der Waals surface area contributed by atoms with E-state index in [2.05, 4.69) is 10.6 Å². The third-order valence-corrected chi connectivity index (χ3v) is 5.81. The van der Waals surface area contributed by atoms with Crippen LogP contribution in [-0.2, 0) is 4.79 Å². The Kier molecular flexibility index (Phi) is 6.74. The van der Waals surface area contributed by atoms with Crippen molar-refractivity contribution in [3.8, 4) is 11.5 Å². The van der Waals surface area contributed by atoms with E-state index in [1.165, 1.54) is 26.7 Å². The number of nitrogens with one attached hydrogen (secondary N) is 2. The summed E-state index contributed by atoms with van der Waals surface area (Å²) in [4.78, 5) is 13.0. The molecule has 2 fully saturated rings. The standard InChI is InChI=1S/C19H27FN2O3.ClH/c1-12(14-8-16(24-2)17(25-3)9-15(14)20)22-18(23)19-7-5-4-6-13(19)10-21-11-19;/h8-9,12-13,21H,4-7,10-11H2,1-3H3,(H,22,23);1H/t12?,13-,19+;/m0./s1. The van der Waals surface area contributed by atoms with Crippen LogP contribution in [0.1, 0.15) is 44.2 Å². The lowest BCUT2D eigenvalue weighted by atomic mass is 9.67. The molecule has 7 heteroatoms. The zero-order valence-corrected chi connectivity index (χ0v) is 16.4. The molecule has 1 heterocycles. The number of rotatable bonds is 5. The molecule has 1 aromatic carbocycles. The predicted molar refractivity (Wildman–Crippen MR) is 101 cm³/mol. The van der Waals surface area contributed by atoms with Crippen molar-refractivity contribution in [2.45, 2.75) is 38.6 Å². The maximum Gasteiger partial charge on any atom is 0.228 e. The third kappa shape index (κ3) is 3.62. The van der Waals surface area contributed by atoms with Crippen LogP contribution in [0.4, 0.5) is 4.39 Å². The first-order valence-electron chi connectivity index (χ1n) is 8.95. The van der Waals surface area contributed by atoms with E-state index in [0.717, 1.165) is 25.8 Å². The van der Waals surface area contributed by atoms with Crippen LogP contribution in [0.2, 0.25) is 0 Å². The molecule has 1 aliphatic heterocycles. The van der Waals surface area contributed by atoms with Crippen LogP contribution in [0.25, 0.3) is 0 Å². The zero-order chi connectivity index (χ0) is 18.0. The van der Waals surface area contributed by atoms with Crippen molar-refractivity contribution in [1.82, 2.24) is 10.6 Å². The van der Waals surface area contributed by atoms with Crippen LogP contribution in [0.15, 0.2) is 12.1 Å². The van der Waals surface area contributed by atoms with Gasteiger partial charge in [-0.25, -0.2) is 4.39 Å². The monoisotopic (exact) mass is 386 g/mol. The molecule has 2 N–H and O–H groups in total. The summed E-state index contributed by atoms with van der Waals surface area (Å²) in [6, 6.07) is 2.46. The maximum absolute atomic E-state index is 14.5. The second-order valence-corrected chi connectivity index (χ2v) is 7.15. The Morgan fingerprint density at radius 2 is 2.00 bits per heavy atom. The number of hydrogen-bond donors (Lipinski definition) is 2. The van der Waals surface area contributed by atoms with E-state index in [1.54, 1.807) is 13.0 Å². The topological polar surface area (TPSA) is 59.6 Å². The van der Waals surface area contributed by atoms with Crippen LogP contribution in [0.3, 0.4) is 0 Å². The van der Waals surface area contributed by atoms with E-state index in [-0.39, 0.29) is 23.7 Å². The van der Waals surface area contributed by atoms with E-state index in [1.807, 2.05) is 0 Å². The summed E-state index contributed by atoms with van der Waals surface area (Å²) in [5.74, 6) is 0.796. The lowest BCUT2D eigenvalue weighted by Gasteiger charge is -2.38. The summed E-state index contributed by atoms with van der Waals surface area (Å²) in [6.07, 6.45) is 4.24. The highest BCUT2D eigenvalue weighted by molar-refractivity contribution is 5.85. The van der Waals surface area contributed by atoms with Crippen molar-refractivity contribution < 1.29 is 18.7 Å². The van der Waals surface area contributed by atoms with Crippen LogP contribution in [0.5, 0.6) is 11.5 Å². The van der Waals surface area contributed by atoms with Gasteiger partial charge in [0.25, 0.3) is 0 Å². The highest BCUT2D eigenvalue weighted by Gasteiger charge is 2.50. The molecule has 2 aliphatic rings. The van der Waals surface area contributed by atoms with Gasteiger partial charge in [-0.05, 0) is 38.3 Å². The number of methoxy groups -OCH3 is 2. The highest BCUT2D eigenvalue weighted by atomic mass is 35.5. The Morgan fingerprint density at radius 3 is 2.69 bits per heavy atom. The normalized spacial score (nSPS) is 25.6. The number of benzene rings is 1. The summed E-state index contributed by atoms with van der Waals surface area (Å²) in [6.45, 7) is 3.41. The fourth-order valence-electron chi connectivity index (χ4n) is 4.31. The Hall–Kier alpha value is -1.53. The average Bonchev–Trinajstić information content (AvgIpc) is 3.06. The lowest BCUT2D eigenvalue weighted by molar-refractivity contribution is -0.134. The third-order valence-electron chi connectivity index (χ3n) is 5.81. The number of hydrogen-bond acceptors (Lipinski definition) is 4. The first-order valence-corrected chi connectivity index (χ1v) is 8.95. The second-order valence-electron chi connectivity index (χ2n) is 7.15. The summed E-state index contributed by atoms with van der Waals surface area (Å²) < 4.78 is 24.8. The molecule has 0 spiro atoms. The predicted octanol–water partition coefficient (Wildman–Crippen LogP) is 3.22. The fraction of sp³-hybridized carbons (Fsp3) is 0.632. The number of carbonyl (C=O) groups is 1. The minimum absolute atomic E-state index is 0. The van der Waals surface area contributed by atoms with Gasteiger partial charge < -0.3 is 20.1 Å². The minimum atomic E-state index is -0.440. The van der Waals surface area contributed by atoms with Gasteiger partial charge in [0.1, 0.15) is 5.82 Å². The number of fused-ring (bicyclic) bond motifs is 1. The Balaban J connectivity index is 0.00000243. The minimum Gasteiger partial charge on any atom is -0.493 e. The van der Waals surface area contributed by atoms with E-state index in [0.29, 0.717) is 29.5 Å². The maximum atomic E-state index is 14.5. The van der Waals surface area contributed by atoms with Gasteiger partial charge in [0.2, 0.25) is 5.91 Å². The van der Waals surface area contributed by atoms with Crippen molar-refractivity contribution in [3.05, 3.63) is 23.5 Å². The average molecular weight is 387 g/mol. The summed E-state index contributed by atoms with van der Waals surface area (Å²) >= 11 is 0. The largest absolute Gasteiger partial charge is 0.493 e. The van der Waals surface area contributed by atoms with Gasteiger partial charge in [0.05, 0.1) is 25.7 Å². The van der Waals surface area contributed by atoms with Crippen molar-refractivity contribution in [2.75, 3.05) is 27.3 Å². The molecule has 1 saturated carbocycles. The van der Waals surface area contributed by atoms with E-state index in [4.69, 9.17) is 9.47 Å². The van der Waals surface area contributed by atoms with Gasteiger partial charge in [0.15, 0.2) is 11.5 Å². The van der Waals surface area contributed by atoms with E-state index >= 15 is 0 Å². The molecule has 5 nitrogen and oxygen atoms in total. The van der Waals surface area contributed by atoms with Crippen molar-refractivity contribution in [1.29, 1.82) is 0 Å². The quantitative estimate of drug-likeness (QED) is 0.815.